The highest BCUT2D eigenvalue weighted by atomic mass is 16.2. The predicted octanol–water partition coefficient (Wildman–Crippen LogP) is 0.943. The zero-order valence-electron chi connectivity index (χ0n) is 14.3. The van der Waals surface area contributed by atoms with E-state index in [-0.39, 0.29) is 5.91 Å². The topological polar surface area (TPSA) is 77.0 Å². The molecule has 1 aromatic carbocycles. The van der Waals surface area contributed by atoms with Gasteiger partial charge in [-0.25, -0.2) is 9.79 Å². The molecule has 1 aromatic rings. The molecule has 0 bridgehead atoms. The average Bonchev–Trinajstić information content (AvgIpc) is 2.98. The molecule has 0 aliphatic carbocycles. The largest absolute Gasteiger partial charge is 0.333 e. The van der Waals surface area contributed by atoms with Crippen molar-refractivity contribution in [2.75, 3.05) is 20.1 Å². The maximum absolute atomic E-state index is 12.4. The van der Waals surface area contributed by atoms with Crippen LogP contribution in [0, 0.1) is 0 Å². The van der Waals surface area contributed by atoms with Crippen molar-refractivity contribution in [1.29, 1.82) is 0 Å². The van der Waals surface area contributed by atoms with Gasteiger partial charge in [0, 0.05) is 13.6 Å². The normalized spacial score (nSPS) is 24.1. The summed E-state index contributed by atoms with van der Waals surface area (Å²) >= 11 is 0. The Morgan fingerprint density at radius 3 is 2.76 bits per heavy atom. The Bertz CT molecular complexity index is 688. The minimum Gasteiger partial charge on any atom is -0.333 e. The fourth-order valence-electron chi connectivity index (χ4n) is 3.21. The SMILES string of the molecule is C=CCN=C1NC2C(C(=O)NC(=O)N2C)N1CCCc1ccccc1. The average molecular weight is 341 g/mol. The first-order valence-electron chi connectivity index (χ1n) is 8.42. The van der Waals surface area contributed by atoms with E-state index in [9.17, 15) is 9.59 Å². The molecule has 0 saturated carbocycles. The molecule has 2 N–H and O–H groups in total. The molecule has 7 nitrogen and oxygen atoms in total. The molecular weight excluding hydrogens is 318 g/mol. The molecule has 132 valence electrons. The van der Waals surface area contributed by atoms with Gasteiger partial charge in [0.1, 0.15) is 6.17 Å². The van der Waals surface area contributed by atoms with Crippen molar-refractivity contribution in [3.05, 3.63) is 48.6 Å². The summed E-state index contributed by atoms with van der Waals surface area (Å²) in [7, 11) is 1.67. The van der Waals surface area contributed by atoms with Crippen molar-refractivity contribution in [1.82, 2.24) is 20.4 Å². The van der Waals surface area contributed by atoms with Gasteiger partial charge in [-0.15, -0.1) is 6.58 Å². The van der Waals surface area contributed by atoms with E-state index in [2.05, 4.69) is 34.3 Å². The number of aryl methyl sites for hydroxylation is 1. The molecular formula is C18H23N5O2. The van der Waals surface area contributed by atoms with Crippen LogP contribution in [-0.2, 0) is 11.2 Å². The van der Waals surface area contributed by atoms with Gasteiger partial charge in [0.15, 0.2) is 12.0 Å². The number of nitrogens with one attached hydrogen (secondary N) is 2. The number of aliphatic imine (C=N–C) groups is 1. The van der Waals surface area contributed by atoms with E-state index in [4.69, 9.17) is 0 Å². The second-order valence-electron chi connectivity index (χ2n) is 6.17. The summed E-state index contributed by atoms with van der Waals surface area (Å²) in [5.74, 6) is 0.351. The van der Waals surface area contributed by atoms with E-state index in [1.807, 2.05) is 23.1 Å². The van der Waals surface area contributed by atoms with E-state index < -0.39 is 18.2 Å². The molecule has 0 aromatic heterocycles. The Kier molecular flexibility index (Phi) is 5.02. The standard InChI is InChI=1S/C18H23N5O2/c1-3-11-19-17-20-15-14(16(24)21-18(25)22(15)2)23(17)12-7-10-13-8-5-4-6-9-13/h3-6,8-9,14-15H,1,7,10-12H2,2H3,(H,19,20)(H,21,24,25). The Morgan fingerprint density at radius 1 is 1.28 bits per heavy atom. The Morgan fingerprint density at radius 2 is 2.04 bits per heavy atom. The summed E-state index contributed by atoms with van der Waals surface area (Å²) in [6.45, 7) is 4.81. The van der Waals surface area contributed by atoms with E-state index in [1.165, 1.54) is 10.5 Å². The number of guanidine groups is 1. The minimum absolute atomic E-state index is 0.288. The van der Waals surface area contributed by atoms with Crippen molar-refractivity contribution in [3.63, 3.8) is 0 Å². The van der Waals surface area contributed by atoms with Crippen molar-refractivity contribution in [2.24, 2.45) is 4.99 Å². The summed E-state index contributed by atoms with van der Waals surface area (Å²) in [5.41, 5.74) is 1.26. The van der Waals surface area contributed by atoms with Gasteiger partial charge in [-0.3, -0.25) is 10.1 Å². The minimum atomic E-state index is -0.470. The number of imide groups is 1. The van der Waals surface area contributed by atoms with Crippen LogP contribution in [0.2, 0.25) is 0 Å². The summed E-state index contributed by atoms with van der Waals surface area (Å²) in [6, 6.07) is 9.37. The molecule has 2 unspecified atom stereocenters. The molecule has 2 saturated heterocycles. The quantitative estimate of drug-likeness (QED) is 0.755. The van der Waals surface area contributed by atoms with Gasteiger partial charge in [-0.1, -0.05) is 36.4 Å². The second kappa shape index (κ2) is 7.38. The maximum Gasteiger partial charge on any atom is 0.325 e. The van der Waals surface area contributed by atoms with Crippen molar-refractivity contribution in [3.8, 4) is 0 Å². The lowest BCUT2D eigenvalue weighted by atomic mass is 10.1. The van der Waals surface area contributed by atoms with Crippen LogP contribution in [0.25, 0.3) is 0 Å². The number of rotatable bonds is 6. The molecule has 0 spiro atoms. The van der Waals surface area contributed by atoms with Gasteiger partial charge in [0.25, 0.3) is 5.91 Å². The number of hydrogen-bond acceptors (Lipinski definition) is 3. The van der Waals surface area contributed by atoms with Crippen LogP contribution in [0.5, 0.6) is 0 Å². The smallest absolute Gasteiger partial charge is 0.325 e. The van der Waals surface area contributed by atoms with E-state index in [1.54, 1.807) is 13.1 Å². The molecule has 2 heterocycles. The molecule has 3 amide bonds. The fraction of sp³-hybridized carbons (Fsp3) is 0.389. The number of likely N-dealkylation sites (N-methyl/N-ethyl adjacent to an activating group) is 1. The number of carbonyl (C=O) groups is 2. The van der Waals surface area contributed by atoms with Gasteiger partial charge >= 0.3 is 6.03 Å². The van der Waals surface area contributed by atoms with Crippen LogP contribution >= 0.6 is 0 Å². The number of fused-ring (bicyclic) bond motifs is 1. The fourth-order valence-corrected chi connectivity index (χ4v) is 3.21. The Labute approximate surface area is 147 Å². The summed E-state index contributed by atoms with van der Waals surface area (Å²) in [6.07, 6.45) is 3.10. The first-order chi connectivity index (χ1) is 12.1. The zero-order valence-corrected chi connectivity index (χ0v) is 14.3. The lowest BCUT2D eigenvalue weighted by molar-refractivity contribution is -0.127. The molecule has 2 atom stereocenters. The Hall–Kier alpha value is -2.83. The van der Waals surface area contributed by atoms with E-state index in [0.29, 0.717) is 19.0 Å². The maximum atomic E-state index is 12.4. The number of hydrogen-bond donors (Lipinski definition) is 2. The van der Waals surface area contributed by atoms with E-state index in [0.717, 1.165) is 12.8 Å². The summed E-state index contributed by atoms with van der Waals surface area (Å²) < 4.78 is 0. The third kappa shape index (κ3) is 3.50. The molecule has 3 rings (SSSR count). The lowest BCUT2D eigenvalue weighted by Gasteiger charge is -2.35. The van der Waals surface area contributed by atoms with Crippen LogP contribution in [0.4, 0.5) is 4.79 Å². The summed E-state index contributed by atoms with van der Waals surface area (Å²) in [5, 5.41) is 5.62. The van der Waals surface area contributed by atoms with Crippen molar-refractivity contribution >= 4 is 17.9 Å². The molecule has 25 heavy (non-hydrogen) atoms. The monoisotopic (exact) mass is 341 g/mol. The van der Waals surface area contributed by atoms with Gasteiger partial charge in [0.05, 0.1) is 6.54 Å². The molecule has 2 aliphatic rings. The van der Waals surface area contributed by atoms with Crippen molar-refractivity contribution < 1.29 is 9.59 Å². The molecule has 7 heteroatoms. The third-order valence-corrected chi connectivity index (χ3v) is 4.50. The van der Waals surface area contributed by atoms with Gasteiger partial charge < -0.3 is 15.1 Å². The molecule has 2 aliphatic heterocycles. The first-order valence-corrected chi connectivity index (χ1v) is 8.42. The highest BCUT2D eigenvalue weighted by Gasteiger charge is 2.49. The highest BCUT2D eigenvalue weighted by molar-refractivity contribution is 6.04. The third-order valence-electron chi connectivity index (χ3n) is 4.50. The Balaban J connectivity index is 1.74. The predicted molar refractivity (Wildman–Crippen MR) is 96.0 cm³/mol. The number of benzene rings is 1. The number of nitrogens with zero attached hydrogens (tertiary/aromatic N) is 3. The number of carbonyl (C=O) groups excluding carboxylic acids is 2. The molecule has 0 radical (unpaired) electrons. The number of amides is 3. The van der Waals surface area contributed by atoms with Crippen LogP contribution in [0.3, 0.4) is 0 Å². The van der Waals surface area contributed by atoms with Crippen LogP contribution in [0.15, 0.2) is 48.0 Å². The van der Waals surface area contributed by atoms with Gasteiger partial charge in [0.2, 0.25) is 0 Å². The van der Waals surface area contributed by atoms with Crippen LogP contribution in [0.1, 0.15) is 12.0 Å². The van der Waals surface area contributed by atoms with Gasteiger partial charge in [-0.05, 0) is 18.4 Å². The van der Waals surface area contributed by atoms with Crippen LogP contribution < -0.4 is 10.6 Å². The zero-order chi connectivity index (χ0) is 17.8. The van der Waals surface area contributed by atoms with E-state index >= 15 is 0 Å². The lowest BCUT2D eigenvalue weighted by Crippen LogP contribution is -2.64. The summed E-state index contributed by atoms with van der Waals surface area (Å²) in [4.78, 5) is 32.2. The molecule has 2 fully saturated rings. The van der Waals surface area contributed by atoms with Gasteiger partial charge in [-0.2, -0.15) is 0 Å². The van der Waals surface area contributed by atoms with Crippen molar-refractivity contribution in [2.45, 2.75) is 25.0 Å². The first kappa shape index (κ1) is 17.0. The highest BCUT2D eigenvalue weighted by Crippen LogP contribution is 2.21. The second-order valence-corrected chi connectivity index (χ2v) is 6.17. The number of urea groups is 1. The van der Waals surface area contributed by atoms with Crippen LogP contribution in [-0.4, -0.2) is 60.0 Å².